The average molecular weight is 588 g/mol. The molecule has 2 saturated heterocycles. The maximum Gasteiger partial charge on any atom is 0.455 e. The second-order valence-corrected chi connectivity index (χ2v) is 12.0. The minimum Gasteiger partial charge on any atom is -0.505 e. The van der Waals surface area contributed by atoms with Crippen LogP contribution in [0.3, 0.4) is 0 Å². The molecule has 1 aliphatic carbocycles. The molecule has 4 heterocycles. The average Bonchev–Trinajstić information content (AvgIpc) is 3.59. The molecule has 0 saturated carbocycles. The van der Waals surface area contributed by atoms with Crippen LogP contribution >= 0.6 is 11.3 Å². The zero-order chi connectivity index (χ0) is 29.4. The van der Waals surface area contributed by atoms with Gasteiger partial charge in [0.05, 0.1) is 36.8 Å². The van der Waals surface area contributed by atoms with Crippen molar-refractivity contribution in [2.45, 2.75) is 38.2 Å². The van der Waals surface area contributed by atoms with E-state index in [1.165, 1.54) is 28.4 Å². The smallest absolute Gasteiger partial charge is 0.455 e. The summed E-state index contributed by atoms with van der Waals surface area (Å²) in [6, 6.07) is 13.4. The maximum atomic E-state index is 14.1. The second-order valence-electron chi connectivity index (χ2n) is 11.0. The zero-order valence-corrected chi connectivity index (χ0v) is 23.5. The van der Waals surface area contributed by atoms with E-state index in [1.807, 2.05) is 29.6 Å². The Bertz CT molecular complexity index is 1550. The largest absolute Gasteiger partial charge is 0.505 e. The maximum absolute atomic E-state index is 14.1. The highest BCUT2D eigenvalue weighted by molar-refractivity contribution is 7.09. The van der Waals surface area contributed by atoms with E-state index in [1.54, 1.807) is 24.4 Å². The number of likely N-dealkylation sites (tertiary alicyclic amines) is 1. The summed E-state index contributed by atoms with van der Waals surface area (Å²) in [6.45, 7) is -0.0511. The van der Waals surface area contributed by atoms with Gasteiger partial charge in [0.15, 0.2) is 11.6 Å². The Kier molecular flexibility index (Phi) is 8.09. The summed E-state index contributed by atoms with van der Waals surface area (Å²) in [4.78, 5) is 33.8. The van der Waals surface area contributed by atoms with E-state index in [-0.39, 0.29) is 37.7 Å². The van der Waals surface area contributed by atoms with Gasteiger partial charge < -0.3 is 19.9 Å². The number of fused-ring (bicyclic) bond motifs is 3. The lowest BCUT2D eigenvalue weighted by molar-refractivity contribution is -0.140. The Labute approximate surface area is 246 Å². The lowest BCUT2D eigenvalue weighted by Gasteiger charge is -2.43. The molecule has 3 aliphatic rings. The summed E-state index contributed by atoms with van der Waals surface area (Å²) in [6.07, 6.45) is 4.12. The van der Waals surface area contributed by atoms with Crippen molar-refractivity contribution in [1.82, 2.24) is 9.88 Å². The lowest BCUT2D eigenvalue weighted by Crippen LogP contribution is -2.46. The molecule has 2 amide bonds. The van der Waals surface area contributed by atoms with Crippen molar-refractivity contribution in [1.29, 1.82) is 0 Å². The fourth-order valence-electron chi connectivity index (χ4n) is 6.62. The number of imide groups is 1. The van der Waals surface area contributed by atoms with Crippen LogP contribution in [0.5, 0.6) is 5.75 Å². The van der Waals surface area contributed by atoms with Crippen LogP contribution in [-0.2, 0) is 20.8 Å². The molecule has 3 N–H and O–H groups in total. The highest BCUT2D eigenvalue weighted by Crippen LogP contribution is 2.51. The molecule has 2 aromatic heterocycles. The number of hydrogen-bond acceptors (Lipinski definition) is 8. The Morgan fingerprint density at radius 2 is 2.02 bits per heavy atom. The van der Waals surface area contributed by atoms with Gasteiger partial charge in [-0.3, -0.25) is 19.5 Å². The van der Waals surface area contributed by atoms with Gasteiger partial charge in [-0.2, -0.15) is 0 Å². The Morgan fingerprint density at radius 3 is 2.74 bits per heavy atom. The summed E-state index contributed by atoms with van der Waals surface area (Å²) in [5.41, 5.74) is 3.49. The molecule has 2 fully saturated rings. The van der Waals surface area contributed by atoms with Crippen LogP contribution < -0.4 is 0 Å². The number of allylic oxidation sites excluding steroid dienone is 1. The monoisotopic (exact) mass is 588 g/mol. The Balaban J connectivity index is 1.29. The predicted molar refractivity (Wildman–Crippen MR) is 156 cm³/mol. The number of hydrogen-bond donors (Lipinski definition) is 3. The first-order valence-corrected chi connectivity index (χ1v) is 14.9. The molecule has 0 radical (unpaired) electrons. The van der Waals surface area contributed by atoms with Crippen LogP contribution in [0.4, 0.5) is 4.39 Å². The molecule has 11 heteroatoms. The number of benzene rings is 1. The number of thiophene rings is 1. The number of aliphatic hydroxyl groups excluding tert-OH is 1. The Morgan fingerprint density at radius 1 is 1.17 bits per heavy atom. The number of nitrogens with zero attached hydrogens (tertiary/aromatic N) is 2. The number of phenols is 1. The summed E-state index contributed by atoms with van der Waals surface area (Å²) < 4.78 is 20.1. The Hall–Kier alpha value is -3.64. The highest BCUT2D eigenvalue weighted by Gasteiger charge is 2.57. The number of amides is 2. The van der Waals surface area contributed by atoms with Crippen molar-refractivity contribution in [2.24, 2.45) is 17.8 Å². The minimum atomic E-state index is -1.13. The van der Waals surface area contributed by atoms with E-state index in [0.717, 1.165) is 16.0 Å². The van der Waals surface area contributed by atoms with E-state index in [0.29, 0.717) is 29.7 Å². The molecule has 3 aromatic rings. The molecule has 0 unspecified atom stereocenters. The molecule has 2 aliphatic heterocycles. The third kappa shape index (κ3) is 5.45. The summed E-state index contributed by atoms with van der Waals surface area (Å²) >= 11 is 1.48. The van der Waals surface area contributed by atoms with Crippen LogP contribution in [0.1, 0.15) is 35.4 Å². The number of phenolic OH excluding ortho intramolecular Hbond substituents is 1. The topological polar surface area (TPSA) is 120 Å². The number of carbonyl (C=O) groups excluding carboxylic acids is 2. The van der Waals surface area contributed by atoms with Crippen LogP contribution in [0, 0.1) is 23.6 Å². The highest BCUT2D eigenvalue weighted by atomic mass is 32.1. The number of rotatable bonds is 8. The summed E-state index contributed by atoms with van der Waals surface area (Å²) in [5.74, 6) is -3.27. The SMILES string of the molecule is O=C1[C@@H]2[C@@H](CC(CO)=C3[C@@H](CC/C(=C/c4ccc(O)c(F)c4)c4ccccn4)OB(O)C[C@@H]32)C(=O)N1Cc1cccs1. The van der Waals surface area contributed by atoms with Crippen molar-refractivity contribution in [3.05, 3.63) is 93.2 Å². The molecular weight excluding hydrogens is 558 g/mol. The van der Waals surface area contributed by atoms with E-state index >= 15 is 0 Å². The van der Waals surface area contributed by atoms with E-state index in [4.69, 9.17) is 4.65 Å². The van der Waals surface area contributed by atoms with E-state index < -0.39 is 42.5 Å². The van der Waals surface area contributed by atoms with Gasteiger partial charge in [0.1, 0.15) is 0 Å². The first kappa shape index (κ1) is 28.5. The minimum absolute atomic E-state index is 0.165. The lowest BCUT2D eigenvalue weighted by atomic mass is 9.58. The van der Waals surface area contributed by atoms with Crippen LogP contribution in [0.2, 0.25) is 6.32 Å². The number of carbonyl (C=O) groups is 2. The third-order valence-corrected chi connectivity index (χ3v) is 9.33. The van der Waals surface area contributed by atoms with Crippen molar-refractivity contribution in [2.75, 3.05) is 6.61 Å². The van der Waals surface area contributed by atoms with E-state index in [2.05, 4.69) is 4.98 Å². The molecule has 0 spiro atoms. The van der Waals surface area contributed by atoms with Crippen LogP contribution in [-0.4, -0.2) is 56.8 Å². The molecule has 8 nitrogen and oxygen atoms in total. The van der Waals surface area contributed by atoms with Gasteiger partial charge >= 0.3 is 7.12 Å². The van der Waals surface area contributed by atoms with Gasteiger partial charge in [0.25, 0.3) is 0 Å². The standard InChI is InChI=1S/C31H30BFN2O6S/c33-24-13-18(6-8-26(24)37)12-19(25-5-1-2-10-34-25)7-9-27-28-20(17-36)14-22-29(23(28)15-32(40)41-27)31(39)35(30(22)38)16-21-4-3-11-42-21/h1-6,8,10-13,22-23,27,29,36-37,40H,7,9,14-17H2/b19-12-/t22-,23+,27-,29-/m1/s1. The van der Waals surface area contributed by atoms with Crippen molar-refractivity contribution < 1.29 is 33.9 Å². The van der Waals surface area contributed by atoms with Crippen molar-refractivity contribution >= 4 is 41.9 Å². The van der Waals surface area contributed by atoms with Gasteiger partial charge in [-0.25, -0.2) is 4.39 Å². The fraction of sp³-hybridized carbons (Fsp3) is 0.323. The molecular formula is C31H30BFN2O6S. The van der Waals surface area contributed by atoms with Gasteiger partial charge in [-0.05, 0) is 95.6 Å². The quantitative estimate of drug-likeness (QED) is 0.204. The number of aromatic hydroxyl groups is 1. The third-order valence-electron chi connectivity index (χ3n) is 8.47. The van der Waals surface area contributed by atoms with E-state index in [9.17, 15) is 29.2 Å². The summed E-state index contributed by atoms with van der Waals surface area (Å²) in [5, 5.41) is 32.7. The van der Waals surface area contributed by atoms with Gasteiger partial charge in [0.2, 0.25) is 11.8 Å². The first-order valence-electron chi connectivity index (χ1n) is 14.0. The molecule has 4 atom stereocenters. The predicted octanol–water partition coefficient (Wildman–Crippen LogP) is 4.30. The molecule has 6 rings (SSSR count). The first-order chi connectivity index (χ1) is 20.3. The number of aliphatic hydroxyl groups is 1. The fourth-order valence-corrected chi connectivity index (χ4v) is 7.31. The number of halogens is 1. The van der Waals surface area contributed by atoms with Crippen molar-refractivity contribution in [3.63, 3.8) is 0 Å². The zero-order valence-electron chi connectivity index (χ0n) is 22.7. The molecule has 42 heavy (non-hydrogen) atoms. The van der Waals surface area contributed by atoms with Gasteiger partial charge in [-0.1, -0.05) is 18.2 Å². The summed E-state index contributed by atoms with van der Waals surface area (Å²) in [7, 11) is -1.13. The number of aromatic nitrogens is 1. The number of pyridine rings is 1. The van der Waals surface area contributed by atoms with Gasteiger partial charge in [0, 0.05) is 11.1 Å². The molecule has 1 aromatic carbocycles. The van der Waals surface area contributed by atoms with Crippen LogP contribution in [0.25, 0.3) is 11.6 Å². The molecule has 216 valence electrons. The van der Waals surface area contributed by atoms with Crippen LogP contribution in [0.15, 0.2) is 71.3 Å². The second kappa shape index (κ2) is 11.9. The molecule has 0 bridgehead atoms. The van der Waals surface area contributed by atoms with Crippen molar-refractivity contribution in [3.8, 4) is 5.75 Å². The normalized spacial score (nSPS) is 24.3. The van der Waals surface area contributed by atoms with Gasteiger partial charge in [-0.15, -0.1) is 11.3 Å².